The SMILES string of the molecule is CN(C(=O)Cn1cnc2ccccc21)C(C)(C)CO. The number of amides is 1. The van der Waals surface area contributed by atoms with Crippen LogP contribution in [0.3, 0.4) is 0 Å². The maximum absolute atomic E-state index is 12.2. The summed E-state index contributed by atoms with van der Waals surface area (Å²) in [6.07, 6.45) is 1.67. The molecule has 1 aromatic carbocycles. The third-order valence-electron chi connectivity index (χ3n) is 3.50. The summed E-state index contributed by atoms with van der Waals surface area (Å²) < 4.78 is 1.82. The molecule has 1 aromatic heterocycles. The van der Waals surface area contributed by atoms with Gasteiger partial charge in [0.1, 0.15) is 6.54 Å². The molecular weight excluding hydrogens is 242 g/mol. The molecule has 1 heterocycles. The summed E-state index contributed by atoms with van der Waals surface area (Å²) in [7, 11) is 1.71. The first-order valence-corrected chi connectivity index (χ1v) is 6.23. The number of aliphatic hydroxyl groups is 1. The van der Waals surface area contributed by atoms with Gasteiger partial charge >= 0.3 is 0 Å². The van der Waals surface area contributed by atoms with E-state index in [2.05, 4.69) is 4.98 Å². The molecule has 5 nitrogen and oxygen atoms in total. The highest BCUT2D eigenvalue weighted by molar-refractivity contribution is 5.80. The Morgan fingerprint density at radius 1 is 1.42 bits per heavy atom. The van der Waals surface area contributed by atoms with Gasteiger partial charge in [0.2, 0.25) is 5.91 Å². The fourth-order valence-electron chi connectivity index (χ4n) is 1.83. The van der Waals surface area contributed by atoms with Crippen LogP contribution >= 0.6 is 0 Å². The molecule has 1 N–H and O–H groups in total. The molecule has 0 aliphatic rings. The number of carbonyl (C=O) groups is 1. The zero-order valence-corrected chi connectivity index (χ0v) is 11.5. The molecule has 1 amide bonds. The normalized spacial score (nSPS) is 11.8. The Labute approximate surface area is 112 Å². The second-order valence-corrected chi connectivity index (χ2v) is 5.28. The van der Waals surface area contributed by atoms with Gasteiger partial charge in [0.05, 0.1) is 29.5 Å². The Morgan fingerprint density at radius 2 is 2.11 bits per heavy atom. The van der Waals surface area contributed by atoms with Crippen LogP contribution in [0.5, 0.6) is 0 Å². The summed E-state index contributed by atoms with van der Waals surface area (Å²) in [6.45, 7) is 3.81. The van der Waals surface area contributed by atoms with Crippen molar-refractivity contribution in [3.63, 3.8) is 0 Å². The van der Waals surface area contributed by atoms with Crippen LogP contribution in [0.15, 0.2) is 30.6 Å². The Bertz CT molecular complexity index is 589. The average molecular weight is 261 g/mol. The summed E-state index contributed by atoms with van der Waals surface area (Å²) in [4.78, 5) is 18.1. The fraction of sp³-hybridized carbons (Fsp3) is 0.429. The van der Waals surface area contributed by atoms with Crippen molar-refractivity contribution >= 4 is 16.9 Å². The molecule has 2 rings (SSSR count). The molecular formula is C14H19N3O2. The number of para-hydroxylation sites is 2. The third-order valence-corrected chi connectivity index (χ3v) is 3.50. The number of aromatic nitrogens is 2. The molecule has 0 atom stereocenters. The lowest BCUT2D eigenvalue weighted by atomic mass is 10.1. The summed E-state index contributed by atoms with van der Waals surface area (Å²) in [5.74, 6) is -0.0535. The second-order valence-electron chi connectivity index (χ2n) is 5.28. The smallest absolute Gasteiger partial charge is 0.242 e. The van der Waals surface area contributed by atoms with Gasteiger partial charge in [-0.15, -0.1) is 0 Å². The Hall–Kier alpha value is -1.88. The van der Waals surface area contributed by atoms with E-state index in [1.807, 2.05) is 42.7 Å². The number of fused-ring (bicyclic) bond motifs is 1. The van der Waals surface area contributed by atoms with Crippen molar-refractivity contribution in [3.05, 3.63) is 30.6 Å². The predicted molar refractivity (Wildman–Crippen MR) is 73.7 cm³/mol. The third kappa shape index (κ3) is 2.61. The topological polar surface area (TPSA) is 58.4 Å². The van der Waals surface area contributed by atoms with Crippen molar-refractivity contribution < 1.29 is 9.90 Å². The van der Waals surface area contributed by atoms with Crippen LogP contribution in [-0.4, -0.2) is 44.7 Å². The Morgan fingerprint density at radius 3 is 2.79 bits per heavy atom. The number of rotatable bonds is 4. The number of likely N-dealkylation sites (N-methyl/N-ethyl adjacent to an activating group) is 1. The number of carbonyl (C=O) groups excluding carboxylic acids is 1. The molecule has 5 heteroatoms. The molecule has 19 heavy (non-hydrogen) atoms. The number of hydrogen-bond acceptors (Lipinski definition) is 3. The van der Waals surface area contributed by atoms with Crippen LogP contribution < -0.4 is 0 Å². The van der Waals surface area contributed by atoms with Crippen LogP contribution in [0, 0.1) is 0 Å². The average Bonchev–Trinajstić information content (AvgIpc) is 2.81. The molecule has 0 fully saturated rings. The minimum atomic E-state index is -0.562. The minimum Gasteiger partial charge on any atom is -0.394 e. The van der Waals surface area contributed by atoms with E-state index < -0.39 is 5.54 Å². The van der Waals surface area contributed by atoms with Gasteiger partial charge in [-0.1, -0.05) is 12.1 Å². The number of nitrogens with zero attached hydrogens (tertiary/aromatic N) is 3. The summed E-state index contributed by atoms with van der Waals surface area (Å²) in [5, 5.41) is 9.30. The lowest BCUT2D eigenvalue weighted by molar-refractivity contribution is -0.136. The van der Waals surface area contributed by atoms with Crippen LogP contribution in [0.2, 0.25) is 0 Å². The maximum atomic E-state index is 12.2. The Kier molecular flexibility index (Phi) is 3.57. The molecule has 0 radical (unpaired) electrons. The number of hydrogen-bond donors (Lipinski definition) is 1. The molecule has 0 spiro atoms. The van der Waals surface area contributed by atoms with Crippen molar-refractivity contribution in [1.29, 1.82) is 0 Å². The van der Waals surface area contributed by atoms with Crippen molar-refractivity contribution in [2.45, 2.75) is 25.9 Å². The Balaban J connectivity index is 2.20. The van der Waals surface area contributed by atoms with Crippen LogP contribution in [0.4, 0.5) is 0 Å². The zero-order chi connectivity index (χ0) is 14.0. The number of aliphatic hydroxyl groups excluding tert-OH is 1. The van der Waals surface area contributed by atoms with Crippen molar-refractivity contribution in [3.8, 4) is 0 Å². The van der Waals surface area contributed by atoms with Crippen molar-refractivity contribution in [2.24, 2.45) is 0 Å². The highest BCUT2D eigenvalue weighted by atomic mass is 16.3. The quantitative estimate of drug-likeness (QED) is 0.901. The fourth-order valence-corrected chi connectivity index (χ4v) is 1.83. The molecule has 0 saturated carbocycles. The number of imidazole rings is 1. The molecule has 102 valence electrons. The zero-order valence-electron chi connectivity index (χ0n) is 11.5. The van der Waals surface area contributed by atoms with E-state index in [1.54, 1.807) is 18.3 Å². The first-order valence-electron chi connectivity index (χ1n) is 6.23. The van der Waals surface area contributed by atoms with Gasteiger partial charge in [0.25, 0.3) is 0 Å². The molecule has 0 bridgehead atoms. The van der Waals surface area contributed by atoms with E-state index >= 15 is 0 Å². The first-order chi connectivity index (χ1) is 8.95. The highest BCUT2D eigenvalue weighted by Crippen LogP contribution is 2.15. The van der Waals surface area contributed by atoms with Crippen molar-refractivity contribution in [2.75, 3.05) is 13.7 Å². The summed E-state index contributed by atoms with van der Waals surface area (Å²) >= 11 is 0. The molecule has 0 aliphatic carbocycles. The molecule has 0 aliphatic heterocycles. The largest absolute Gasteiger partial charge is 0.394 e. The van der Waals surface area contributed by atoms with Gasteiger partial charge in [0.15, 0.2) is 0 Å². The van der Waals surface area contributed by atoms with Gasteiger partial charge in [-0.05, 0) is 26.0 Å². The van der Waals surface area contributed by atoms with Crippen molar-refractivity contribution in [1.82, 2.24) is 14.5 Å². The second kappa shape index (κ2) is 5.01. The summed E-state index contributed by atoms with van der Waals surface area (Å²) in [6, 6.07) is 7.69. The molecule has 2 aromatic rings. The van der Waals surface area contributed by atoms with E-state index in [9.17, 15) is 9.90 Å². The van der Waals surface area contributed by atoms with Gasteiger partial charge < -0.3 is 14.6 Å². The van der Waals surface area contributed by atoms with E-state index in [-0.39, 0.29) is 19.1 Å². The lowest BCUT2D eigenvalue weighted by Gasteiger charge is -2.34. The van der Waals surface area contributed by atoms with Gasteiger partial charge in [-0.2, -0.15) is 0 Å². The monoisotopic (exact) mass is 261 g/mol. The maximum Gasteiger partial charge on any atom is 0.242 e. The predicted octanol–water partition coefficient (Wildman–Crippen LogP) is 1.27. The minimum absolute atomic E-state index is 0.0535. The molecule has 0 saturated heterocycles. The van der Waals surface area contributed by atoms with Gasteiger partial charge in [-0.25, -0.2) is 4.98 Å². The van der Waals surface area contributed by atoms with Gasteiger partial charge in [0, 0.05) is 7.05 Å². The van der Waals surface area contributed by atoms with Crippen LogP contribution in [0.1, 0.15) is 13.8 Å². The van der Waals surface area contributed by atoms with E-state index in [1.165, 1.54) is 0 Å². The van der Waals surface area contributed by atoms with Gasteiger partial charge in [-0.3, -0.25) is 4.79 Å². The van der Waals surface area contributed by atoms with E-state index in [4.69, 9.17) is 0 Å². The van der Waals surface area contributed by atoms with E-state index in [0.717, 1.165) is 11.0 Å². The van der Waals surface area contributed by atoms with E-state index in [0.29, 0.717) is 0 Å². The molecule has 0 unspecified atom stereocenters. The standard InChI is InChI=1S/C14H19N3O2/c1-14(2,9-18)16(3)13(19)8-17-10-15-11-6-4-5-7-12(11)17/h4-7,10,18H,8-9H2,1-3H3. The lowest BCUT2D eigenvalue weighted by Crippen LogP contribution is -2.48. The first kappa shape index (κ1) is 13.5. The van der Waals surface area contributed by atoms with Crippen LogP contribution in [0.25, 0.3) is 11.0 Å². The van der Waals surface area contributed by atoms with Crippen LogP contribution in [-0.2, 0) is 11.3 Å². The highest BCUT2D eigenvalue weighted by Gasteiger charge is 2.26. The number of benzene rings is 1. The summed E-state index contributed by atoms with van der Waals surface area (Å²) in [5.41, 5.74) is 1.25.